The van der Waals surface area contributed by atoms with Gasteiger partial charge in [-0.15, -0.1) is 0 Å². The Labute approximate surface area is 157 Å². The zero-order valence-electron chi connectivity index (χ0n) is 15.2. The number of hydrogen-bond donors (Lipinski definition) is 2. The lowest BCUT2D eigenvalue weighted by atomic mass is 10.2. The molecule has 8 nitrogen and oxygen atoms in total. The Morgan fingerprint density at radius 1 is 1.15 bits per heavy atom. The zero-order valence-corrected chi connectivity index (χ0v) is 15.9. The molecule has 2 aromatic rings. The number of carbonyl (C=O) groups excluding carboxylic acids is 1. The van der Waals surface area contributed by atoms with Crippen LogP contribution in [0.1, 0.15) is 10.5 Å². The average Bonchev–Trinajstić information content (AvgIpc) is 2.63. The van der Waals surface area contributed by atoms with E-state index >= 15 is 0 Å². The SMILES string of the molecule is COc1cc(Nc2cnc(C(=O)NCCN(C)C)cn2)c(OC)cc1Cl. The number of aromatic nitrogens is 2. The van der Waals surface area contributed by atoms with E-state index in [0.717, 1.165) is 6.54 Å². The van der Waals surface area contributed by atoms with Crippen LogP contribution in [0.2, 0.25) is 5.02 Å². The third-order valence-corrected chi connectivity index (χ3v) is 3.76. The smallest absolute Gasteiger partial charge is 0.271 e. The van der Waals surface area contributed by atoms with Gasteiger partial charge in [-0.2, -0.15) is 0 Å². The van der Waals surface area contributed by atoms with Crippen LogP contribution in [0.4, 0.5) is 11.5 Å². The maximum atomic E-state index is 12.0. The molecule has 0 radical (unpaired) electrons. The minimum Gasteiger partial charge on any atom is -0.495 e. The molecule has 140 valence electrons. The van der Waals surface area contributed by atoms with Gasteiger partial charge in [0.25, 0.3) is 5.91 Å². The molecule has 0 aliphatic carbocycles. The predicted molar refractivity (Wildman–Crippen MR) is 101 cm³/mol. The lowest BCUT2D eigenvalue weighted by molar-refractivity contribution is 0.0945. The zero-order chi connectivity index (χ0) is 19.1. The Balaban J connectivity index is 2.08. The van der Waals surface area contributed by atoms with Crippen LogP contribution in [-0.2, 0) is 0 Å². The molecule has 0 atom stereocenters. The van der Waals surface area contributed by atoms with Gasteiger partial charge in [-0.25, -0.2) is 9.97 Å². The first-order valence-corrected chi connectivity index (χ1v) is 8.26. The highest BCUT2D eigenvalue weighted by molar-refractivity contribution is 6.32. The molecule has 9 heteroatoms. The molecular formula is C17H22ClN5O3. The average molecular weight is 380 g/mol. The van der Waals surface area contributed by atoms with Gasteiger partial charge in [0.2, 0.25) is 0 Å². The molecule has 0 unspecified atom stereocenters. The van der Waals surface area contributed by atoms with Crippen molar-refractivity contribution in [2.24, 2.45) is 0 Å². The molecule has 1 amide bonds. The van der Waals surface area contributed by atoms with Gasteiger partial charge in [-0.05, 0) is 14.1 Å². The molecule has 1 aromatic heterocycles. The number of benzene rings is 1. The van der Waals surface area contributed by atoms with Crippen LogP contribution in [0.15, 0.2) is 24.5 Å². The first-order chi connectivity index (χ1) is 12.4. The first-order valence-electron chi connectivity index (χ1n) is 7.88. The Morgan fingerprint density at radius 3 is 2.46 bits per heavy atom. The van der Waals surface area contributed by atoms with Crippen molar-refractivity contribution < 1.29 is 14.3 Å². The van der Waals surface area contributed by atoms with Crippen LogP contribution in [0.5, 0.6) is 11.5 Å². The van der Waals surface area contributed by atoms with Crippen molar-refractivity contribution >= 4 is 29.0 Å². The molecule has 26 heavy (non-hydrogen) atoms. The number of methoxy groups -OCH3 is 2. The number of rotatable bonds is 8. The number of hydrogen-bond acceptors (Lipinski definition) is 7. The van der Waals surface area contributed by atoms with E-state index in [1.54, 1.807) is 12.1 Å². The summed E-state index contributed by atoms with van der Waals surface area (Å²) in [5.41, 5.74) is 0.862. The second-order valence-corrected chi connectivity index (χ2v) is 6.07. The summed E-state index contributed by atoms with van der Waals surface area (Å²) in [6, 6.07) is 3.34. The number of likely N-dealkylation sites (N-methyl/N-ethyl adjacent to an activating group) is 1. The van der Waals surface area contributed by atoms with Crippen molar-refractivity contribution in [2.75, 3.05) is 46.7 Å². The summed E-state index contributed by atoms with van der Waals surface area (Å²) in [5, 5.41) is 6.29. The maximum absolute atomic E-state index is 12.0. The van der Waals surface area contributed by atoms with Crippen molar-refractivity contribution in [3.05, 3.63) is 35.2 Å². The van der Waals surface area contributed by atoms with E-state index < -0.39 is 0 Å². The highest BCUT2D eigenvalue weighted by Gasteiger charge is 2.12. The highest BCUT2D eigenvalue weighted by Crippen LogP contribution is 2.36. The van der Waals surface area contributed by atoms with Gasteiger partial charge in [0, 0.05) is 25.2 Å². The summed E-state index contributed by atoms with van der Waals surface area (Å²) in [7, 11) is 6.94. The summed E-state index contributed by atoms with van der Waals surface area (Å²) in [5.74, 6) is 1.22. The van der Waals surface area contributed by atoms with E-state index in [1.807, 2.05) is 19.0 Å². The standard InChI is InChI=1S/C17H22ClN5O3/c1-23(2)6-5-19-17(24)13-9-21-16(10-20-13)22-12-8-14(25-3)11(18)7-15(12)26-4/h7-10H,5-6H2,1-4H3,(H,19,24)(H,21,22). The lowest BCUT2D eigenvalue weighted by Crippen LogP contribution is -2.31. The molecule has 0 saturated carbocycles. The topological polar surface area (TPSA) is 88.6 Å². The van der Waals surface area contributed by atoms with E-state index in [9.17, 15) is 4.79 Å². The van der Waals surface area contributed by atoms with Gasteiger partial charge in [0.1, 0.15) is 23.0 Å². The molecule has 1 aromatic carbocycles. The minimum atomic E-state index is -0.267. The normalized spacial score (nSPS) is 10.5. The fourth-order valence-electron chi connectivity index (χ4n) is 2.09. The van der Waals surface area contributed by atoms with Crippen LogP contribution in [0.3, 0.4) is 0 Å². The fourth-order valence-corrected chi connectivity index (χ4v) is 2.32. The van der Waals surface area contributed by atoms with Gasteiger partial charge in [-0.1, -0.05) is 11.6 Å². The number of nitrogens with zero attached hydrogens (tertiary/aromatic N) is 3. The van der Waals surface area contributed by atoms with E-state index in [2.05, 4.69) is 20.6 Å². The fraction of sp³-hybridized carbons (Fsp3) is 0.353. The number of ether oxygens (including phenoxy) is 2. The van der Waals surface area contributed by atoms with Gasteiger partial charge >= 0.3 is 0 Å². The van der Waals surface area contributed by atoms with Crippen LogP contribution in [-0.4, -0.2) is 62.2 Å². The molecule has 2 rings (SSSR count). The third kappa shape index (κ3) is 5.21. The Hall–Kier alpha value is -2.58. The van der Waals surface area contributed by atoms with Crippen molar-refractivity contribution in [2.45, 2.75) is 0 Å². The number of amides is 1. The molecular weight excluding hydrogens is 358 g/mol. The number of nitrogens with one attached hydrogen (secondary N) is 2. The van der Waals surface area contributed by atoms with E-state index in [4.69, 9.17) is 21.1 Å². The number of halogens is 1. The number of carbonyl (C=O) groups is 1. The molecule has 0 bridgehead atoms. The summed E-state index contributed by atoms with van der Waals surface area (Å²) in [6.45, 7) is 1.28. The van der Waals surface area contributed by atoms with E-state index in [1.165, 1.54) is 26.6 Å². The van der Waals surface area contributed by atoms with Crippen molar-refractivity contribution in [1.82, 2.24) is 20.2 Å². The quantitative estimate of drug-likeness (QED) is 0.726. The van der Waals surface area contributed by atoms with Gasteiger partial charge in [-0.3, -0.25) is 4.79 Å². The van der Waals surface area contributed by atoms with Crippen LogP contribution in [0.25, 0.3) is 0 Å². The summed E-state index contributed by atoms with van der Waals surface area (Å²) in [6.07, 6.45) is 2.88. The monoisotopic (exact) mass is 379 g/mol. The summed E-state index contributed by atoms with van der Waals surface area (Å²) < 4.78 is 10.5. The van der Waals surface area contributed by atoms with Crippen LogP contribution >= 0.6 is 11.6 Å². The van der Waals surface area contributed by atoms with Gasteiger partial charge in [0.15, 0.2) is 0 Å². The molecule has 1 heterocycles. The van der Waals surface area contributed by atoms with Crippen LogP contribution < -0.4 is 20.1 Å². The minimum absolute atomic E-state index is 0.245. The van der Waals surface area contributed by atoms with E-state index in [0.29, 0.717) is 34.6 Å². The second-order valence-electron chi connectivity index (χ2n) is 5.66. The first kappa shape index (κ1) is 19.7. The van der Waals surface area contributed by atoms with Crippen molar-refractivity contribution in [3.8, 4) is 11.5 Å². The Morgan fingerprint density at radius 2 is 1.88 bits per heavy atom. The Kier molecular flexibility index (Phi) is 6.99. The van der Waals surface area contributed by atoms with E-state index in [-0.39, 0.29) is 11.6 Å². The van der Waals surface area contributed by atoms with Gasteiger partial charge < -0.3 is 25.0 Å². The van der Waals surface area contributed by atoms with Crippen LogP contribution in [0, 0.1) is 0 Å². The molecule has 0 saturated heterocycles. The lowest BCUT2D eigenvalue weighted by Gasteiger charge is -2.13. The van der Waals surface area contributed by atoms with Gasteiger partial charge in [0.05, 0.1) is 37.3 Å². The Bertz CT molecular complexity index is 753. The molecule has 2 N–H and O–H groups in total. The summed E-state index contributed by atoms with van der Waals surface area (Å²) in [4.78, 5) is 22.3. The number of anilines is 2. The molecule has 0 spiro atoms. The predicted octanol–water partition coefficient (Wildman–Crippen LogP) is 2.18. The third-order valence-electron chi connectivity index (χ3n) is 3.47. The van der Waals surface area contributed by atoms with Crippen molar-refractivity contribution in [1.29, 1.82) is 0 Å². The largest absolute Gasteiger partial charge is 0.495 e. The molecule has 0 fully saturated rings. The molecule has 0 aliphatic rings. The van der Waals surface area contributed by atoms with Crippen molar-refractivity contribution in [3.63, 3.8) is 0 Å². The highest BCUT2D eigenvalue weighted by atomic mass is 35.5. The molecule has 0 aliphatic heterocycles. The second kappa shape index (κ2) is 9.21. The summed E-state index contributed by atoms with van der Waals surface area (Å²) >= 11 is 6.09. The maximum Gasteiger partial charge on any atom is 0.271 e.